The molecule has 0 spiro atoms. The van der Waals surface area contributed by atoms with Crippen LogP contribution < -0.4 is 10.2 Å². The Morgan fingerprint density at radius 3 is 2.14 bits per heavy atom. The minimum absolute atomic E-state index is 0.352. The molecule has 2 aromatic rings. The van der Waals surface area contributed by atoms with Crippen molar-refractivity contribution < 1.29 is 33.0 Å². The van der Waals surface area contributed by atoms with Crippen LogP contribution in [0.3, 0.4) is 0 Å². The standard InChI is InChI=1S/C22H32N4O3S.C2H2O4/c1-17-14-19(16-23-3)18(2)26(17)22-15-20(6-7-21(22)24-8-4-5-9-24)30(27,28)25-10-12-29-13-11-25;3-1(4)2(5)6/h6-7,14-15,23H,4-5,8-13,16H2,1-3H3;(H,3,4)(H,5,6). The highest BCUT2D eigenvalue weighted by Crippen LogP contribution is 2.34. The Kier molecular flexibility index (Phi) is 9.12. The number of nitrogens with one attached hydrogen (secondary N) is 1. The van der Waals surface area contributed by atoms with Crippen molar-refractivity contribution in [1.82, 2.24) is 14.2 Å². The molecule has 0 aliphatic carbocycles. The third-order valence-corrected chi connectivity index (χ3v) is 8.22. The topological polar surface area (TPSA) is 141 Å². The summed E-state index contributed by atoms with van der Waals surface area (Å²) in [4.78, 5) is 20.9. The van der Waals surface area contributed by atoms with Crippen LogP contribution in [0.15, 0.2) is 29.2 Å². The van der Waals surface area contributed by atoms with E-state index in [-0.39, 0.29) is 0 Å². The summed E-state index contributed by atoms with van der Waals surface area (Å²) >= 11 is 0. The summed E-state index contributed by atoms with van der Waals surface area (Å²) in [5, 5.41) is 18.0. The van der Waals surface area contributed by atoms with Gasteiger partial charge in [0.25, 0.3) is 0 Å². The molecule has 11 nitrogen and oxygen atoms in total. The maximum Gasteiger partial charge on any atom is 0.414 e. The third-order valence-electron chi connectivity index (χ3n) is 6.33. The van der Waals surface area contributed by atoms with Gasteiger partial charge in [0, 0.05) is 44.1 Å². The van der Waals surface area contributed by atoms with Gasteiger partial charge in [-0.2, -0.15) is 4.31 Å². The molecular formula is C24H34N4O7S. The van der Waals surface area contributed by atoms with Gasteiger partial charge in [0.05, 0.1) is 29.5 Å². The Bertz CT molecular complexity index is 1190. The van der Waals surface area contributed by atoms with E-state index in [0.717, 1.165) is 42.4 Å². The zero-order valence-corrected chi connectivity index (χ0v) is 21.7. The van der Waals surface area contributed by atoms with E-state index < -0.39 is 22.0 Å². The molecule has 3 heterocycles. The van der Waals surface area contributed by atoms with Crippen molar-refractivity contribution in [3.8, 4) is 5.69 Å². The molecule has 2 aliphatic heterocycles. The highest BCUT2D eigenvalue weighted by Gasteiger charge is 2.28. The Morgan fingerprint density at radius 1 is 0.972 bits per heavy atom. The number of aliphatic carboxylic acids is 2. The number of hydrogen-bond acceptors (Lipinski definition) is 7. The summed E-state index contributed by atoms with van der Waals surface area (Å²) in [5.41, 5.74) is 5.53. The van der Waals surface area contributed by atoms with E-state index in [1.54, 1.807) is 6.07 Å². The van der Waals surface area contributed by atoms with Gasteiger partial charge in [-0.3, -0.25) is 0 Å². The number of carbonyl (C=O) groups is 2. The first-order valence-corrected chi connectivity index (χ1v) is 13.3. The van der Waals surface area contributed by atoms with Gasteiger partial charge in [-0.25, -0.2) is 18.0 Å². The number of morpholine rings is 1. The first kappa shape index (κ1) is 27.7. The Hall–Kier alpha value is -2.93. The molecule has 36 heavy (non-hydrogen) atoms. The molecule has 0 saturated carbocycles. The molecule has 4 rings (SSSR count). The number of rotatable bonds is 6. The van der Waals surface area contributed by atoms with Crippen LogP contribution in [-0.2, 0) is 30.9 Å². The molecule has 2 aliphatic rings. The fourth-order valence-corrected chi connectivity index (χ4v) is 6.00. The van der Waals surface area contributed by atoms with Crippen LogP contribution in [0.5, 0.6) is 0 Å². The molecule has 198 valence electrons. The van der Waals surface area contributed by atoms with Crippen LogP contribution >= 0.6 is 0 Å². The molecule has 2 saturated heterocycles. The van der Waals surface area contributed by atoms with Gasteiger partial charge in [-0.05, 0) is 63.6 Å². The van der Waals surface area contributed by atoms with Gasteiger partial charge in [-0.15, -0.1) is 0 Å². The number of ether oxygens (including phenoxy) is 1. The molecule has 3 N–H and O–H groups in total. The summed E-state index contributed by atoms with van der Waals surface area (Å²) in [6, 6.07) is 7.81. The summed E-state index contributed by atoms with van der Waals surface area (Å²) in [5.74, 6) is -3.65. The number of anilines is 1. The van der Waals surface area contributed by atoms with Crippen LogP contribution in [0.4, 0.5) is 5.69 Å². The van der Waals surface area contributed by atoms with Crippen molar-refractivity contribution in [2.45, 2.75) is 38.1 Å². The molecule has 2 fully saturated rings. The van der Waals surface area contributed by atoms with E-state index in [4.69, 9.17) is 24.5 Å². The van der Waals surface area contributed by atoms with E-state index in [2.05, 4.69) is 34.7 Å². The first-order chi connectivity index (χ1) is 17.1. The molecule has 0 unspecified atom stereocenters. The number of sulfonamides is 1. The zero-order valence-electron chi connectivity index (χ0n) is 20.9. The predicted molar refractivity (Wildman–Crippen MR) is 134 cm³/mol. The van der Waals surface area contributed by atoms with Gasteiger partial charge in [-0.1, -0.05) is 0 Å². The predicted octanol–water partition coefficient (Wildman–Crippen LogP) is 1.59. The molecule has 1 aromatic heterocycles. The van der Waals surface area contributed by atoms with Crippen LogP contribution in [-0.4, -0.2) is 85.9 Å². The van der Waals surface area contributed by atoms with Crippen molar-refractivity contribution in [1.29, 1.82) is 0 Å². The lowest BCUT2D eigenvalue weighted by Gasteiger charge is -2.28. The van der Waals surface area contributed by atoms with Crippen molar-refractivity contribution in [2.75, 3.05) is 51.3 Å². The van der Waals surface area contributed by atoms with Gasteiger partial charge in [0.15, 0.2) is 0 Å². The average Bonchev–Trinajstić information content (AvgIpc) is 3.48. The first-order valence-electron chi connectivity index (χ1n) is 11.8. The maximum absolute atomic E-state index is 13.3. The monoisotopic (exact) mass is 522 g/mol. The Balaban J connectivity index is 0.000000538. The molecule has 0 radical (unpaired) electrons. The second-order valence-corrected chi connectivity index (χ2v) is 10.7. The third kappa shape index (κ3) is 6.06. The van der Waals surface area contributed by atoms with Gasteiger partial charge < -0.3 is 29.7 Å². The van der Waals surface area contributed by atoms with Crippen LogP contribution in [0, 0.1) is 13.8 Å². The Labute approximate surface area is 211 Å². The largest absolute Gasteiger partial charge is 0.473 e. The van der Waals surface area contributed by atoms with Crippen molar-refractivity contribution in [2.24, 2.45) is 0 Å². The van der Waals surface area contributed by atoms with Crippen molar-refractivity contribution in [3.63, 3.8) is 0 Å². The minimum atomic E-state index is -3.55. The molecule has 1 aromatic carbocycles. The van der Waals surface area contributed by atoms with E-state index in [1.807, 2.05) is 19.2 Å². The molecule has 12 heteroatoms. The van der Waals surface area contributed by atoms with Crippen LogP contribution in [0.25, 0.3) is 5.69 Å². The van der Waals surface area contributed by atoms with Gasteiger partial charge in [0.2, 0.25) is 10.0 Å². The number of aryl methyl sites for hydroxylation is 1. The lowest BCUT2D eigenvalue weighted by molar-refractivity contribution is -0.159. The molecule has 0 atom stereocenters. The number of aromatic nitrogens is 1. The lowest BCUT2D eigenvalue weighted by atomic mass is 10.2. The van der Waals surface area contributed by atoms with E-state index in [1.165, 1.54) is 22.7 Å². The number of hydrogen-bond donors (Lipinski definition) is 3. The van der Waals surface area contributed by atoms with Crippen molar-refractivity contribution >= 4 is 27.6 Å². The highest BCUT2D eigenvalue weighted by molar-refractivity contribution is 7.89. The quantitative estimate of drug-likeness (QED) is 0.482. The highest BCUT2D eigenvalue weighted by atomic mass is 32.2. The second-order valence-electron chi connectivity index (χ2n) is 8.73. The minimum Gasteiger partial charge on any atom is -0.473 e. The van der Waals surface area contributed by atoms with Crippen LogP contribution in [0.1, 0.15) is 29.8 Å². The summed E-state index contributed by atoms with van der Waals surface area (Å²) in [6.45, 7) is 8.68. The fourth-order valence-electron chi connectivity index (χ4n) is 4.57. The number of carboxylic acid groups (broad SMARTS) is 2. The van der Waals surface area contributed by atoms with E-state index >= 15 is 0 Å². The van der Waals surface area contributed by atoms with Crippen LogP contribution in [0.2, 0.25) is 0 Å². The lowest BCUT2D eigenvalue weighted by Crippen LogP contribution is -2.40. The maximum atomic E-state index is 13.3. The van der Waals surface area contributed by atoms with Gasteiger partial charge in [0.1, 0.15) is 0 Å². The fraction of sp³-hybridized carbons (Fsp3) is 0.500. The molecule has 0 bridgehead atoms. The second kappa shape index (κ2) is 11.9. The number of nitrogens with zero attached hydrogens (tertiary/aromatic N) is 3. The zero-order chi connectivity index (χ0) is 26.5. The normalized spacial score (nSPS) is 16.5. The Morgan fingerprint density at radius 2 is 1.58 bits per heavy atom. The van der Waals surface area contributed by atoms with E-state index in [9.17, 15) is 8.42 Å². The average molecular weight is 523 g/mol. The molecular weight excluding hydrogens is 488 g/mol. The number of carboxylic acids is 2. The SMILES string of the molecule is CNCc1cc(C)n(-c2cc(S(=O)(=O)N3CCOCC3)ccc2N2CCCC2)c1C.O=C(O)C(=O)O. The summed E-state index contributed by atoms with van der Waals surface area (Å²) < 4.78 is 35.7. The summed E-state index contributed by atoms with van der Waals surface area (Å²) in [7, 11) is -1.61. The van der Waals surface area contributed by atoms with Crippen molar-refractivity contribution in [3.05, 3.63) is 41.2 Å². The van der Waals surface area contributed by atoms with E-state index in [0.29, 0.717) is 31.2 Å². The molecule has 0 amide bonds. The number of benzene rings is 1. The van der Waals surface area contributed by atoms with Gasteiger partial charge >= 0.3 is 11.9 Å². The smallest absolute Gasteiger partial charge is 0.414 e. The summed E-state index contributed by atoms with van der Waals surface area (Å²) in [6.07, 6.45) is 2.34.